The molecule has 2 fully saturated rings. The van der Waals surface area contributed by atoms with E-state index in [0.717, 1.165) is 25.7 Å². The number of anilines is 1. The Morgan fingerprint density at radius 3 is 2.43 bits per heavy atom. The molecular formula is C24H38ClN5O5. The average molecular weight is 512 g/mol. The lowest BCUT2D eigenvalue weighted by Crippen LogP contribution is -2.41. The van der Waals surface area contributed by atoms with Crippen LogP contribution in [-0.2, 0) is 14.3 Å². The number of pyridine rings is 1. The van der Waals surface area contributed by atoms with Crippen molar-refractivity contribution >= 4 is 35.7 Å². The average Bonchev–Trinajstić information content (AvgIpc) is 2.82. The van der Waals surface area contributed by atoms with Gasteiger partial charge in [-0.25, -0.2) is 9.78 Å². The zero-order valence-corrected chi connectivity index (χ0v) is 21.8. The summed E-state index contributed by atoms with van der Waals surface area (Å²) in [5.41, 5.74) is 4.86. The third-order valence-corrected chi connectivity index (χ3v) is 5.95. The molecule has 196 valence electrons. The Morgan fingerprint density at radius 2 is 1.83 bits per heavy atom. The Bertz CT molecular complexity index is 836. The van der Waals surface area contributed by atoms with Crippen molar-refractivity contribution in [2.45, 2.75) is 83.4 Å². The number of aromatic nitrogens is 1. The molecule has 0 unspecified atom stereocenters. The maximum absolute atomic E-state index is 11.9. The topological polar surface area (TPSA) is 122 Å². The van der Waals surface area contributed by atoms with Gasteiger partial charge >= 0.3 is 6.09 Å². The fourth-order valence-electron chi connectivity index (χ4n) is 3.91. The summed E-state index contributed by atoms with van der Waals surface area (Å²) in [6.45, 7) is 7.08. The van der Waals surface area contributed by atoms with E-state index in [9.17, 15) is 14.4 Å². The first kappa shape index (κ1) is 28.6. The Kier molecular flexibility index (Phi) is 11.5. The van der Waals surface area contributed by atoms with Crippen LogP contribution in [0, 0.1) is 0 Å². The first-order chi connectivity index (χ1) is 16.6. The molecule has 0 bridgehead atoms. The summed E-state index contributed by atoms with van der Waals surface area (Å²) in [5.74, 6) is -0.462. The van der Waals surface area contributed by atoms with E-state index in [1.807, 2.05) is 27.8 Å². The number of hydrogen-bond donors (Lipinski definition) is 3. The number of halogens is 1. The molecule has 2 heterocycles. The highest BCUT2D eigenvalue weighted by atomic mass is 35.5. The number of carbonyl (C=O) groups excluding carboxylic acids is 3. The van der Waals surface area contributed by atoms with Crippen LogP contribution in [0.2, 0.25) is 5.15 Å². The van der Waals surface area contributed by atoms with Crippen molar-refractivity contribution in [2.75, 3.05) is 25.6 Å². The number of nitrogens with one attached hydrogen (secondary N) is 3. The van der Waals surface area contributed by atoms with E-state index < -0.39 is 5.91 Å². The molecule has 11 heteroatoms. The number of amides is 3. The molecule has 0 radical (unpaired) electrons. The Morgan fingerprint density at radius 1 is 1.17 bits per heavy atom. The predicted octanol–water partition coefficient (Wildman–Crippen LogP) is 3.90. The van der Waals surface area contributed by atoms with Crippen LogP contribution in [0.4, 0.5) is 10.5 Å². The van der Waals surface area contributed by atoms with E-state index in [1.54, 1.807) is 11.0 Å². The lowest BCUT2D eigenvalue weighted by Gasteiger charge is -2.32. The van der Waals surface area contributed by atoms with Gasteiger partial charge in [-0.1, -0.05) is 30.9 Å². The summed E-state index contributed by atoms with van der Waals surface area (Å²) in [6, 6.07) is 2.19. The van der Waals surface area contributed by atoms with E-state index in [4.69, 9.17) is 21.1 Å². The lowest BCUT2D eigenvalue weighted by molar-refractivity contribution is -0.110. The molecule has 1 aromatic heterocycles. The Balaban J connectivity index is 0.000000258. The third kappa shape index (κ3) is 10.3. The highest BCUT2D eigenvalue weighted by molar-refractivity contribution is 6.29. The van der Waals surface area contributed by atoms with Crippen molar-refractivity contribution in [1.82, 2.24) is 20.7 Å². The standard InChI is InChI=1S/C12H15ClN4O3.C12H23NO2/c13-11-5-10(16-8-1-3-20-4-2-8)9(6-14-11)12(19)17-15-7-18;1-12(2,3)15-11(14)13(4)10-8-6-5-7-9-10/h5-8H,1-4H2,(H,14,16)(H,15,18)(H,17,19);10H,5-9H2,1-4H3. The van der Waals surface area contributed by atoms with Gasteiger partial charge in [0.1, 0.15) is 10.8 Å². The molecule has 10 nitrogen and oxygen atoms in total. The van der Waals surface area contributed by atoms with Gasteiger partial charge < -0.3 is 19.7 Å². The van der Waals surface area contributed by atoms with Gasteiger partial charge in [0, 0.05) is 38.5 Å². The highest BCUT2D eigenvalue weighted by Crippen LogP contribution is 2.23. The van der Waals surface area contributed by atoms with Crippen LogP contribution in [0.25, 0.3) is 0 Å². The van der Waals surface area contributed by atoms with Crippen LogP contribution in [0.5, 0.6) is 0 Å². The second-order valence-electron chi connectivity index (χ2n) is 9.68. The van der Waals surface area contributed by atoms with Crippen molar-refractivity contribution < 1.29 is 23.9 Å². The Labute approximate surface area is 212 Å². The van der Waals surface area contributed by atoms with Crippen molar-refractivity contribution in [2.24, 2.45) is 0 Å². The van der Waals surface area contributed by atoms with Gasteiger partial charge in [-0.3, -0.25) is 20.4 Å². The second-order valence-corrected chi connectivity index (χ2v) is 10.1. The number of hydrazine groups is 1. The number of ether oxygens (including phenoxy) is 2. The first-order valence-corrected chi connectivity index (χ1v) is 12.4. The van der Waals surface area contributed by atoms with Crippen molar-refractivity contribution in [3.8, 4) is 0 Å². The molecular weight excluding hydrogens is 474 g/mol. The number of rotatable bonds is 6. The summed E-state index contributed by atoms with van der Waals surface area (Å²) in [5, 5.41) is 3.56. The zero-order valence-electron chi connectivity index (χ0n) is 21.1. The largest absolute Gasteiger partial charge is 0.444 e. The number of hydrogen-bond acceptors (Lipinski definition) is 7. The summed E-state index contributed by atoms with van der Waals surface area (Å²) >= 11 is 5.86. The van der Waals surface area contributed by atoms with Crippen LogP contribution in [0.15, 0.2) is 12.3 Å². The van der Waals surface area contributed by atoms with E-state index in [1.165, 1.54) is 25.5 Å². The van der Waals surface area contributed by atoms with Crippen molar-refractivity contribution in [3.05, 3.63) is 23.0 Å². The normalized spacial score (nSPS) is 16.8. The molecule has 1 saturated heterocycles. The van der Waals surface area contributed by atoms with Gasteiger partial charge in [0.05, 0.1) is 11.3 Å². The van der Waals surface area contributed by atoms with Gasteiger partial charge in [-0.15, -0.1) is 0 Å². The molecule has 0 aromatic carbocycles. The van der Waals surface area contributed by atoms with Gasteiger partial charge in [-0.05, 0) is 52.5 Å². The molecule has 0 spiro atoms. The van der Waals surface area contributed by atoms with Crippen molar-refractivity contribution in [1.29, 1.82) is 0 Å². The van der Waals surface area contributed by atoms with E-state index in [-0.39, 0.29) is 17.7 Å². The van der Waals surface area contributed by atoms with Gasteiger partial charge in [-0.2, -0.15) is 0 Å². The highest BCUT2D eigenvalue weighted by Gasteiger charge is 2.26. The van der Waals surface area contributed by atoms with Gasteiger partial charge in [0.15, 0.2) is 0 Å². The monoisotopic (exact) mass is 511 g/mol. The summed E-state index contributed by atoms with van der Waals surface area (Å²) < 4.78 is 10.6. The molecule has 1 aliphatic carbocycles. The minimum absolute atomic E-state index is 0.186. The fraction of sp³-hybridized carbons (Fsp3) is 0.667. The van der Waals surface area contributed by atoms with Gasteiger partial charge in [0.25, 0.3) is 5.91 Å². The summed E-state index contributed by atoms with van der Waals surface area (Å²) in [6.07, 6.45) is 9.29. The summed E-state index contributed by atoms with van der Waals surface area (Å²) in [7, 11) is 1.85. The molecule has 3 N–H and O–H groups in total. The molecule has 35 heavy (non-hydrogen) atoms. The van der Waals surface area contributed by atoms with E-state index in [0.29, 0.717) is 42.1 Å². The second kappa shape index (κ2) is 14.1. The molecule has 1 saturated carbocycles. The number of nitrogens with zero attached hydrogens (tertiary/aromatic N) is 2. The molecule has 3 amide bonds. The van der Waals surface area contributed by atoms with Gasteiger partial charge in [0.2, 0.25) is 6.41 Å². The van der Waals surface area contributed by atoms with E-state index in [2.05, 4.69) is 21.2 Å². The minimum atomic E-state index is -0.462. The molecule has 2 aliphatic rings. The number of carbonyl (C=O) groups is 3. The van der Waals surface area contributed by atoms with Crippen LogP contribution < -0.4 is 16.2 Å². The zero-order chi connectivity index (χ0) is 25.8. The quantitative estimate of drug-likeness (QED) is 0.301. The first-order valence-electron chi connectivity index (χ1n) is 12.1. The lowest BCUT2D eigenvalue weighted by atomic mass is 9.95. The van der Waals surface area contributed by atoms with Crippen LogP contribution in [0.3, 0.4) is 0 Å². The fourth-order valence-corrected chi connectivity index (χ4v) is 4.06. The molecule has 1 aromatic rings. The van der Waals surface area contributed by atoms with Crippen LogP contribution in [-0.4, -0.2) is 66.2 Å². The minimum Gasteiger partial charge on any atom is -0.444 e. The molecule has 3 rings (SSSR count). The smallest absolute Gasteiger partial charge is 0.410 e. The Hall–Kier alpha value is -2.59. The maximum atomic E-state index is 11.9. The third-order valence-electron chi connectivity index (χ3n) is 5.74. The molecule has 0 atom stereocenters. The van der Waals surface area contributed by atoms with E-state index >= 15 is 0 Å². The van der Waals surface area contributed by atoms with Crippen LogP contribution in [0.1, 0.15) is 76.1 Å². The molecule has 1 aliphatic heterocycles. The van der Waals surface area contributed by atoms with Crippen molar-refractivity contribution in [3.63, 3.8) is 0 Å². The predicted molar refractivity (Wildman–Crippen MR) is 134 cm³/mol. The maximum Gasteiger partial charge on any atom is 0.410 e. The summed E-state index contributed by atoms with van der Waals surface area (Å²) in [4.78, 5) is 39.5. The van der Waals surface area contributed by atoms with Crippen LogP contribution >= 0.6 is 11.6 Å². The SMILES string of the molecule is CN(C(=O)OC(C)(C)C)C1CCCCC1.O=CNNC(=O)c1cnc(Cl)cc1NC1CCOCC1.